The number of rotatable bonds is 2. The first-order valence-electron chi connectivity index (χ1n) is 7.02. The fraction of sp³-hybridized carbons (Fsp3) is 0. The summed E-state index contributed by atoms with van der Waals surface area (Å²) in [4.78, 5) is 4.29. The lowest BCUT2D eigenvalue weighted by atomic mass is 9.98. The Morgan fingerprint density at radius 2 is 1.64 bits per heavy atom. The number of hydrogen-bond acceptors (Lipinski definition) is 3. The summed E-state index contributed by atoms with van der Waals surface area (Å²) < 4.78 is 0. The van der Waals surface area contributed by atoms with E-state index in [2.05, 4.69) is 11.1 Å². The van der Waals surface area contributed by atoms with E-state index in [0.717, 1.165) is 0 Å². The van der Waals surface area contributed by atoms with E-state index in [1.165, 1.54) is 0 Å². The maximum absolute atomic E-state index is 9.49. The van der Waals surface area contributed by atoms with Crippen LogP contribution in [-0.4, -0.2) is 4.98 Å². The van der Waals surface area contributed by atoms with Crippen molar-refractivity contribution < 1.29 is 0 Å². The topological polar surface area (TPSA) is 62.7 Å². The minimum Gasteiger partial charge on any atom is -0.383 e. The van der Waals surface area contributed by atoms with Crippen LogP contribution in [0.15, 0.2) is 42.5 Å². The Balaban J connectivity index is 2.33. The molecule has 0 aliphatic heterocycles. The number of hydrogen-bond donors (Lipinski definition) is 1. The van der Waals surface area contributed by atoms with Crippen LogP contribution in [0.2, 0.25) is 20.1 Å². The van der Waals surface area contributed by atoms with Crippen LogP contribution in [0.4, 0.5) is 5.82 Å². The van der Waals surface area contributed by atoms with Gasteiger partial charge in [0.15, 0.2) is 0 Å². The van der Waals surface area contributed by atoms with Gasteiger partial charge in [-0.15, -0.1) is 0 Å². The third kappa shape index (κ3) is 3.40. The maximum Gasteiger partial charge on any atom is 0.142 e. The molecule has 25 heavy (non-hydrogen) atoms. The van der Waals surface area contributed by atoms with Crippen molar-refractivity contribution in [3.05, 3.63) is 68.1 Å². The molecule has 0 bridgehead atoms. The van der Waals surface area contributed by atoms with Gasteiger partial charge < -0.3 is 5.73 Å². The standard InChI is InChI=1S/C18H9Cl4N3/c19-9-4-5-14(20)12(6-9)16-7-11(13(8-23)18(24)25-16)10-2-1-3-15(21)17(10)22/h1-7H,(H2,24,25). The lowest BCUT2D eigenvalue weighted by molar-refractivity contribution is 1.31. The number of nitriles is 1. The van der Waals surface area contributed by atoms with E-state index in [0.29, 0.717) is 42.5 Å². The third-order valence-corrected chi connectivity index (χ3v) is 4.99. The average molecular weight is 409 g/mol. The zero-order chi connectivity index (χ0) is 18.1. The lowest BCUT2D eigenvalue weighted by Gasteiger charge is -2.13. The molecule has 0 radical (unpaired) electrons. The fourth-order valence-electron chi connectivity index (χ4n) is 2.44. The number of halogens is 4. The number of nitrogen functional groups attached to an aromatic ring is 1. The number of aromatic nitrogens is 1. The molecule has 2 aromatic carbocycles. The number of pyridine rings is 1. The summed E-state index contributed by atoms with van der Waals surface area (Å²) in [7, 11) is 0. The molecular weight excluding hydrogens is 400 g/mol. The Labute approximate surface area is 164 Å². The average Bonchev–Trinajstić information content (AvgIpc) is 2.59. The molecule has 1 aromatic heterocycles. The van der Waals surface area contributed by atoms with Gasteiger partial charge in [0.1, 0.15) is 17.5 Å². The second kappa shape index (κ2) is 7.11. The molecule has 0 fully saturated rings. The molecule has 0 aliphatic rings. The van der Waals surface area contributed by atoms with Gasteiger partial charge in [-0.2, -0.15) is 5.26 Å². The van der Waals surface area contributed by atoms with Crippen molar-refractivity contribution in [2.45, 2.75) is 0 Å². The summed E-state index contributed by atoms with van der Waals surface area (Å²) in [5.41, 5.74) is 8.40. The zero-order valence-corrected chi connectivity index (χ0v) is 15.5. The van der Waals surface area contributed by atoms with Crippen LogP contribution in [0.3, 0.4) is 0 Å². The highest BCUT2D eigenvalue weighted by molar-refractivity contribution is 6.43. The number of benzene rings is 2. The Morgan fingerprint density at radius 1 is 0.880 bits per heavy atom. The van der Waals surface area contributed by atoms with Crippen molar-refractivity contribution >= 4 is 52.2 Å². The minimum atomic E-state index is 0.0714. The predicted octanol–water partition coefficient (Wildman–Crippen LogP) is 6.48. The summed E-state index contributed by atoms with van der Waals surface area (Å²) in [5, 5.41) is 11.2. The molecule has 0 saturated carbocycles. The highest BCUT2D eigenvalue weighted by Gasteiger charge is 2.17. The number of nitrogens with two attached hydrogens (primary N) is 1. The molecule has 0 spiro atoms. The van der Waals surface area contributed by atoms with Gasteiger partial charge in [-0.1, -0.05) is 58.5 Å². The Hall–Kier alpha value is -1.96. The van der Waals surface area contributed by atoms with Crippen molar-refractivity contribution in [2.75, 3.05) is 5.73 Å². The molecular formula is C18H9Cl4N3. The van der Waals surface area contributed by atoms with Crippen molar-refractivity contribution in [1.29, 1.82) is 5.26 Å². The number of nitrogens with zero attached hydrogens (tertiary/aromatic N) is 2. The van der Waals surface area contributed by atoms with Crippen molar-refractivity contribution in [3.8, 4) is 28.5 Å². The molecule has 3 nitrogen and oxygen atoms in total. The van der Waals surface area contributed by atoms with Gasteiger partial charge in [-0.3, -0.25) is 0 Å². The summed E-state index contributed by atoms with van der Waals surface area (Å²) in [5.74, 6) is 0.0714. The monoisotopic (exact) mass is 407 g/mol. The molecule has 2 N–H and O–H groups in total. The molecule has 0 saturated heterocycles. The molecule has 0 aliphatic carbocycles. The molecule has 1 heterocycles. The van der Waals surface area contributed by atoms with E-state index >= 15 is 0 Å². The van der Waals surface area contributed by atoms with Gasteiger partial charge in [0.2, 0.25) is 0 Å². The molecule has 3 rings (SSSR count). The SMILES string of the molecule is N#Cc1c(-c2cccc(Cl)c2Cl)cc(-c2cc(Cl)ccc2Cl)nc1N. The fourth-order valence-corrected chi connectivity index (χ4v) is 3.23. The van der Waals surface area contributed by atoms with E-state index in [-0.39, 0.29) is 11.4 Å². The summed E-state index contributed by atoms with van der Waals surface area (Å²) in [6.07, 6.45) is 0. The van der Waals surface area contributed by atoms with Crippen LogP contribution in [0.1, 0.15) is 5.56 Å². The highest BCUT2D eigenvalue weighted by Crippen LogP contribution is 2.39. The van der Waals surface area contributed by atoms with Gasteiger partial charge in [0.05, 0.1) is 20.8 Å². The summed E-state index contributed by atoms with van der Waals surface area (Å²) in [6.45, 7) is 0. The maximum atomic E-state index is 9.49. The Bertz CT molecular complexity index is 1030. The Morgan fingerprint density at radius 3 is 2.36 bits per heavy atom. The van der Waals surface area contributed by atoms with Crippen LogP contribution < -0.4 is 5.73 Å². The molecule has 3 aromatic rings. The molecule has 0 atom stereocenters. The molecule has 124 valence electrons. The normalized spacial score (nSPS) is 10.5. The zero-order valence-electron chi connectivity index (χ0n) is 12.5. The van der Waals surface area contributed by atoms with Crippen LogP contribution in [0.25, 0.3) is 22.4 Å². The second-order valence-corrected chi connectivity index (χ2v) is 6.78. The van der Waals surface area contributed by atoms with E-state index < -0.39 is 0 Å². The first-order chi connectivity index (χ1) is 11.9. The van der Waals surface area contributed by atoms with Crippen LogP contribution in [0.5, 0.6) is 0 Å². The largest absolute Gasteiger partial charge is 0.383 e. The van der Waals surface area contributed by atoms with E-state index in [1.807, 2.05) is 0 Å². The van der Waals surface area contributed by atoms with Crippen LogP contribution in [0, 0.1) is 11.3 Å². The van der Waals surface area contributed by atoms with Crippen molar-refractivity contribution in [3.63, 3.8) is 0 Å². The van der Waals surface area contributed by atoms with Gasteiger partial charge in [0.25, 0.3) is 0 Å². The molecule has 0 unspecified atom stereocenters. The van der Waals surface area contributed by atoms with Gasteiger partial charge in [-0.05, 0) is 30.3 Å². The minimum absolute atomic E-state index is 0.0714. The van der Waals surface area contributed by atoms with Gasteiger partial charge in [-0.25, -0.2) is 4.98 Å². The first-order valence-corrected chi connectivity index (χ1v) is 8.54. The van der Waals surface area contributed by atoms with Gasteiger partial charge in [0, 0.05) is 21.7 Å². The summed E-state index contributed by atoms with van der Waals surface area (Å²) in [6, 6.07) is 14.0. The van der Waals surface area contributed by atoms with Crippen molar-refractivity contribution in [1.82, 2.24) is 4.98 Å². The van der Waals surface area contributed by atoms with E-state index in [9.17, 15) is 5.26 Å². The Kier molecular flexibility index (Phi) is 5.08. The van der Waals surface area contributed by atoms with Crippen molar-refractivity contribution in [2.24, 2.45) is 0 Å². The van der Waals surface area contributed by atoms with Crippen LogP contribution >= 0.6 is 46.4 Å². The quantitative estimate of drug-likeness (QED) is 0.527. The molecule has 0 amide bonds. The lowest BCUT2D eigenvalue weighted by Crippen LogP contribution is -2.00. The highest BCUT2D eigenvalue weighted by atomic mass is 35.5. The van der Waals surface area contributed by atoms with E-state index in [1.54, 1.807) is 42.5 Å². The second-order valence-electron chi connectivity index (χ2n) is 5.15. The van der Waals surface area contributed by atoms with E-state index in [4.69, 9.17) is 52.1 Å². The first kappa shape index (κ1) is 17.8. The summed E-state index contributed by atoms with van der Waals surface area (Å²) >= 11 is 24.7. The van der Waals surface area contributed by atoms with Gasteiger partial charge >= 0.3 is 0 Å². The predicted molar refractivity (Wildman–Crippen MR) is 104 cm³/mol. The molecule has 7 heteroatoms. The van der Waals surface area contributed by atoms with Crippen LogP contribution in [-0.2, 0) is 0 Å². The smallest absolute Gasteiger partial charge is 0.142 e. The number of anilines is 1. The third-order valence-electron chi connectivity index (χ3n) is 3.61.